The molecule has 8 nitrogen and oxygen atoms in total. The van der Waals surface area contributed by atoms with E-state index in [9.17, 15) is 0 Å². The van der Waals surface area contributed by atoms with Gasteiger partial charge in [-0.2, -0.15) is 0 Å². The fraction of sp³-hybridized carbons (Fsp3) is 0. The van der Waals surface area contributed by atoms with Gasteiger partial charge >= 0.3 is 23.9 Å². The van der Waals surface area contributed by atoms with Crippen molar-refractivity contribution in [1.82, 2.24) is 0 Å². The van der Waals surface area contributed by atoms with E-state index < -0.39 is 23.9 Å². The van der Waals surface area contributed by atoms with Crippen LogP contribution in [-0.2, 0) is 36.2 Å². The van der Waals surface area contributed by atoms with Crippen molar-refractivity contribution < 1.29 is 56.7 Å². The first-order valence-electron chi connectivity index (χ1n) is 2.21. The maximum atomic E-state index is 9.10. The molecular weight excluding hydrogens is 231 g/mol. The number of carbonyl (C=O) groups is 4. The van der Waals surface area contributed by atoms with Crippen molar-refractivity contribution in [3.05, 3.63) is 0 Å². The SMILES string of the molecule is O=C(O)C(=O)O.O=C(O)C(=O)O.[Mn]. The number of carboxylic acids is 4. The average Bonchev–Trinajstić information content (AvgIpc) is 1.88. The summed E-state index contributed by atoms with van der Waals surface area (Å²) >= 11 is 0. The largest absolute Gasteiger partial charge is 0.473 e. The molecule has 0 aliphatic rings. The second-order valence-electron chi connectivity index (χ2n) is 1.22. The van der Waals surface area contributed by atoms with Crippen LogP contribution >= 0.6 is 0 Å². The molecule has 0 aliphatic carbocycles. The summed E-state index contributed by atoms with van der Waals surface area (Å²) in [6.07, 6.45) is 0. The first-order chi connectivity index (χ1) is 5.29. The molecule has 4 N–H and O–H groups in total. The fourth-order valence-corrected chi connectivity index (χ4v) is 0. The summed E-state index contributed by atoms with van der Waals surface area (Å²) in [5.41, 5.74) is 0. The van der Waals surface area contributed by atoms with Gasteiger partial charge in [-0.05, 0) is 0 Å². The second kappa shape index (κ2) is 8.50. The fourth-order valence-electron chi connectivity index (χ4n) is 0. The molecule has 0 saturated heterocycles. The van der Waals surface area contributed by atoms with Gasteiger partial charge in [-0.3, -0.25) is 0 Å². The Labute approximate surface area is 81.3 Å². The molecule has 0 heterocycles. The summed E-state index contributed by atoms with van der Waals surface area (Å²) in [5.74, 6) is -7.30. The minimum Gasteiger partial charge on any atom is -0.473 e. The van der Waals surface area contributed by atoms with Crippen molar-refractivity contribution in [3.8, 4) is 0 Å². The molecule has 0 saturated carbocycles. The third-order valence-electron chi connectivity index (χ3n) is 0.366. The van der Waals surface area contributed by atoms with E-state index in [1.54, 1.807) is 0 Å². The molecule has 75 valence electrons. The molecule has 0 spiro atoms. The zero-order valence-electron chi connectivity index (χ0n) is 5.80. The van der Waals surface area contributed by atoms with Crippen LogP contribution in [0, 0.1) is 0 Å². The number of hydrogen-bond donors (Lipinski definition) is 4. The minimum absolute atomic E-state index is 0. The predicted octanol–water partition coefficient (Wildman–Crippen LogP) is -1.69. The van der Waals surface area contributed by atoms with Crippen LogP contribution in [0.5, 0.6) is 0 Å². The summed E-state index contributed by atoms with van der Waals surface area (Å²) in [5, 5.41) is 29.6. The quantitative estimate of drug-likeness (QED) is 0.287. The summed E-state index contributed by atoms with van der Waals surface area (Å²) in [6, 6.07) is 0. The van der Waals surface area contributed by atoms with Crippen molar-refractivity contribution in [2.45, 2.75) is 0 Å². The molecule has 9 heteroatoms. The number of rotatable bonds is 0. The van der Waals surface area contributed by atoms with Crippen molar-refractivity contribution in [2.75, 3.05) is 0 Å². The zero-order chi connectivity index (χ0) is 10.3. The Hall–Kier alpha value is -1.60. The van der Waals surface area contributed by atoms with Gasteiger partial charge in [0.25, 0.3) is 0 Å². The summed E-state index contributed by atoms with van der Waals surface area (Å²) in [7, 11) is 0. The van der Waals surface area contributed by atoms with Crippen LogP contribution in [0.4, 0.5) is 0 Å². The number of aliphatic carboxylic acids is 4. The third-order valence-corrected chi connectivity index (χ3v) is 0.366. The van der Waals surface area contributed by atoms with Crippen molar-refractivity contribution in [2.24, 2.45) is 0 Å². The first-order valence-corrected chi connectivity index (χ1v) is 2.21. The Morgan fingerprint density at radius 2 is 0.615 bits per heavy atom. The Bertz CT molecular complexity index is 172. The molecule has 0 aromatic rings. The standard InChI is InChI=1S/2C2H2O4.Mn/c2*3-1(4)2(5)6;/h2*(H,3,4)(H,5,6);. The van der Waals surface area contributed by atoms with Crippen LogP contribution in [0.25, 0.3) is 0 Å². The monoisotopic (exact) mass is 235 g/mol. The van der Waals surface area contributed by atoms with Crippen LogP contribution in [0.2, 0.25) is 0 Å². The predicted molar refractivity (Wildman–Crippen MR) is 30.5 cm³/mol. The van der Waals surface area contributed by atoms with Crippen LogP contribution in [0.15, 0.2) is 0 Å². The zero-order valence-corrected chi connectivity index (χ0v) is 6.98. The number of carboxylic acid groups (broad SMARTS) is 4. The van der Waals surface area contributed by atoms with Gasteiger partial charge in [-0.1, -0.05) is 0 Å². The van der Waals surface area contributed by atoms with Crippen molar-refractivity contribution >= 4 is 23.9 Å². The third kappa shape index (κ3) is 17.9. The van der Waals surface area contributed by atoms with E-state index in [4.69, 9.17) is 39.6 Å². The van der Waals surface area contributed by atoms with Gasteiger partial charge in [0, 0.05) is 17.1 Å². The van der Waals surface area contributed by atoms with Gasteiger partial charge in [0.15, 0.2) is 0 Å². The number of hydrogen-bond acceptors (Lipinski definition) is 4. The summed E-state index contributed by atoms with van der Waals surface area (Å²) in [6.45, 7) is 0. The van der Waals surface area contributed by atoms with Gasteiger partial charge in [0.05, 0.1) is 0 Å². The van der Waals surface area contributed by atoms with Crippen LogP contribution in [0.1, 0.15) is 0 Å². The molecule has 0 fully saturated rings. The molecule has 0 aliphatic heterocycles. The van der Waals surface area contributed by atoms with Gasteiger partial charge in [-0.15, -0.1) is 0 Å². The molecular formula is C4H4MnO8. The van der Waals surface area contributed by atoms with Crippen molar-refractivity contribution in [1.29, 1.82) is 0 Å². The molecule has 13 heavy (non-hydrogen) atoms. The van der Waals surface area contributed by atoms with E-state index in [0.29, 0.717) is 0 Å². The van der Waals surface area contributed by atoms with Crippen molar-refractivity contribution in [3.63, 3.8) is 0 Å². The molecule has 0 bridgehead atoms. The van der Waals surface area contributed by atoms with E-state index in [2.05, 4.69) is 0 Å². The first kappa shape index (κ1) is 17.5. The Balaban J connectivity index is -0.000000143. The molecule has 0 rings (SSSR count). The van der Waals surface area contributed by atoms with E-state index in [-0.39, 0.29) is 17.1 Å². The molecule has 0 aromatic carbocycles. The topological polar surface area (TPSA) is 149 Å². The maximum absolute atomic E-state index is 9.10. The maximum Gasteiger partial charge on any atom is 0.414 e. The molecule has 1 radical (unpaired) electrons. The molecule has 0 unspecified atom stereocenters. The van der Waals surface area contributed by atoms with E-state index in [0.717, 1.165) is 0 Å². The van der Waals surface area contributed by atoms with Gasteiger partial charge in [-0.25, -0.2) is 19.2 Å². The summed E-state index contributed by atoms with van der Waals surface area (Å²) in [4.78, 5) is 36.4. The van der Waals surface area contributed by atoms with E-state index in [1.165, 1.54) is 0 Å². The smallest absolute Gasteiger partial charge is 0.414 e. The Kier molecular flexibility index (Phi) is 11.4. The van der Waals surface area contributed by atoms with Crippen LogP contribution < -0.4 is 0 Å². The summed E-state index contributed by atoms with van der Waals surface area (Å²) < 4.78 is 0. The van der Waals surface area contributed by atoms with Crippen LogP contribution in [-0.4, -0.2) is 44.3 Å². The normalized spacial score (nSPS) is 6.77. The van der Waals surface area contributed by atoms with Gasteiger partial charge in [0.1, 0.15) is 0 Å². The average molecular weight is 235 g/mol. The Morgan fingerprint density at radius 1 is 0.538 bits per heavy atom. The molecule has 0 atom stereocenters. The van der Waals surface area contributed by atoms with Crippen LogP contribution in [0.3, 0.4) is 0 Å². The van der Waals surface area contributed by atoms with E-state index >= 15 is 0 Å². The van der Waals surface area contributed by atoms with E-state index in [1.807, 2.05) is 0 Å². The van der Waals surface area contributed by atoms with Gasteiger partial charge in [0.2, 0.25) is 0 Å². The van der Waals surface area contributed by atoms with Gasteiger partial charge < -0.3 is 20.4 Å². The minimum atomic E-state index is -1.82. The molecule has 0 amide bonds. The molecule has 0 aromatic heterocycles. The Morgan fingerprint density at radius 3 is 0.615 bits per heavy atom. The second-order valence-corrected chi connectivity index (χ2v) is 1.22.